The first-order valence-corrected chi connectivity index (χ1v) is 5.43. The average Bonchev–Trinajstić information content (AvgIpc) is 2.25. The average molecular weight is 254 g/mol. The van der Waals surface area contributed by atoms with Gasteiger partial charge in [0.25, 0.3) is 0 Å². The molecule has 0 fully saturated rings. The van der Waals surface area contributed by atoms with Crippen molar-refractivity contribution in [1.82, 2.24) is 0 Å². The van der Waals surface area contributed by atoms with Gasteiger partial charge in [-0.1, -0.05) is 31.5 Å². The minimum absolute atomic E-state index is 0.154. The molecule has 1 atom stereocenters. The van der Waals surface area contributed by atoms with Crippen LogP contribution >= 0.6 is 11.6 Å². The summed E-state index contributed by atoms with van der Waals surface area (Å²) in [5, 5.41) is 18.2. The first kappa shape index (κ1) is 13.3. The van der Waals surface area contributed by atoms with E-state index in [4.69, 9.17) is 26.7 Å². The highest BCUT2D eigenvalue weighted by atomic mass is 35.5. The molecule has 1 aromatic carbocycles. The lowest BCUT2D eigenvalue weighted by Gasteiger charge is -2.19. The zero-order valence-electron chi connectivity index (χ0n) is 9.48. The van der Waals surface area contributed by atoms with Gasteiger partial charge in [-0.25, -0.2) is 4.79 Å². The standard InChI is InChI=1S/C12H12ClNO3/c1-7(2)11(12(15)16)17-10-5-3-4-9(13)8(10)6-14/h3-5,7,11H,1-2H3,(H,15,16). The number of carboxylic acids is 1. The molecule has 0 aliphatic heterocycles. The van der Waals surface area contributed by atoms with Gasteiger partial charge in [0, 0.05) is 5.92 Å². The Morgan fingerprint density at radius 1 is 1.53 bits per heavy atom. The van der Waals surface area contributed by atoms with Gasteiger partial charge in [-0.2, -0.15) is 5.26 Å². The number of hydrogen-bond acceptors (Lipinski definition) is 3. The topological polar surface area (TPSA) is 70.3 Å². The number of carbonyl (C=O) groups is 1. The van der Waals surface area contributed by atoms with Crippen LogP contribution in [0.2, 0.25) is 5.02 Å². The molecule has 0 spiro atoms. The van der Waals surface area contributed by atoms with Gasteiger partial charge >= 0.3 is 5.97 Å². The maximum absolute atomic E-state index is 11.0. The van der Waals surface area contributed by atoms with E-state index in [-0.39, 0.29) is 22.3 Å². The molecule has 1 aromatic rings. The van der Waals surface area contributed by atoms with E-state index in [1.807, 2.05) is 6.07 Å². The first-order chi connectivity index (χ1) is 7.97. The van der Waals surface area contributed by atoms with E-state index in [9.17, 15) is 4.79 Å². The van der Waals surface area contributed by atoms with E-state index in [1.165, 1.54) is 6.07 Å². The number of ether oxygens (including phenoxy) is 1. The number of rotatable bonds is 4. The third-order valence-electron chi connectivity index (χ3n) is 2.19. The van der Waals surface area contributed by atoms with Gasteiger partial charge in [0.2, 0.25) is 0 Å². The van der Waals surface area contributed by atoms with Crippen LogP contribution in [0.1, 0.15) is 19.4 Å². The van der Waals surface area contributed by atoms with Crippen molar-refractivity contribution in [2.75, 3.05) is 0 Å². The predicted molar refractivity (Wildman–Crippen MR) is 63.1 cm³/mol. The van der Waals surface area contributed by atoms with Gasteiger partial charge in [-0.15, -0.1) is 0 Å². The van der Waals surface area contributed by atoms with Gasteiger partial charge in [0.15, 0.2) is 6.10 Å². The van der Waals surface area contributed by atoms with Gasteiger partial charge < -0.3 is 9.84 Å². The Labute approximate surface area is 104 Å². The molecular formula is C12H12ClNO3. The fourth-order valence-corrected chi connectivity index (χ4v) is 1.53. The van der Waals surface area contributed by atoms with Gasteiger partial charge in [-0.3, -0.25) is 0 Å². The number of carboxylic acid groups (broad SMARTS) is 1. The molecule has 17 heavy (non-hydrogen) atoms. The molecule has 1 N–H and O–H groups in total. The molecule has 5 heteroatoms. The van der Waals surface area contributed by atoms with Gasteiger partial charge in [-0.05, 0) is 12.1 Å². The summed E-state index contributed by atoms with van der Waals surface area (Å²) in [4.78, 5) is 11.0. The zero-order chi connectivity index (χ0) is 13.0. The molecule has 0 bridgehead atoms. The number of halogens is 1. The summed E-state index contributed by atoms with van der Waals surface area (Å²) in [6.07, 6.45) is -0.999. The van der Waals surface area contributed by atoms with Crippen molar-refractivity contribution in [3.8, 4) is 11.8 Å². The second-order valence-corrected chi connectivity index (χ2v) is 4.25. The lowest BCUT2D eigenvalue weighted by atomic mass is 10.1. The maximum Gasteiger partial charge on any atom is 0.345 e. The van der Waals surface area contributed by atoms with Crippen LogP contribution in [-0.4, -0.2) is 17.2 Å². The van der Waals surface area contributed by atoms with Crippen molar-refractivity contribution in [2.45, 2.75) is 20.0 Å². The Morgan fingerprint density at radius 3 is 2.65 bits per heavy atom. The Kier molecular flexibility index (Phi) is 4.36. The van der Waals surface area contributed by atoms with Crippen LogP contribution in [0.5, 0.6) is 5.75 Å². The van der Waals surface area contributed by atoms with Crippen LogP contribution in [0.3, 0.4) is 0 Å². The van der Waals surface area contributed by atoms with Crippen molar-refractivity contribution in [3.63, 3.8) is 0 Å². The van der Waals surface area contributed by atoms with E-state index < -0.39 is 12.1 Å². The summed E-state index contributed by atoms with van der Waals surface area (Å²) in [5.74, 6) is -1.08. The molecule has 1 unspecified atom stereocenters. The van der Waals surface area contributed by atoms with E-state index in [0.717, 1.165) is 0 Å². The number of nitriles is 1. The van der Waals surface area contributed by atoms with E-state index in [0.29, 0.717) is 0 Å². The minimum Gasteiger partial charge on any atom is -0.478 e. The summed E-state index contributed by atoms with van der Waals surface area (Å²) < 4.78 is 5.33. The smallest absolute Gasteiger partial charge is 0.345 e. The lowest BCUT2D eigenvalue weighted by molar-refractivity contribution is -0.147. The van der Waals surface area contributed by atoms with Crippen molar-refractivity contribution in [1.29, 1.82) is 5.26 Å². The highest BCUT2D eigenvalue weighted by Crippen LogP contribution is 2.27. The van der Waals surface area contributed by atoms with Crippen molar-refractivity contribution >= 4 is 17.6 Å². The summed E-state index contributed by atoms with van der Waals surface area (Å²) in [6.45, 7) is 3.46. The summed E-state index contributed by atoms with van der Waals surface area (Å²) in [6, 6.07) is 6.59. The van der Waals surface area contributed by atoms with Crippen LogP contribution in [0.4, 0.5) is 0 Å². The summed E-state index contributed by atoms with van der Waals surface area (Å²) in [7, 11) is 0. The molecule has 0 heterocycles. The van der Waals surface area contributed by atoms with Gasteiger partial charge in [0.05, 0.1) is 5.02 Å². The molecule has 0 aliphatic carbocycles. The quantitative estimate of drug-likeness (QED) is 0.896. The lowest BCUT2D eigenvalue weighted by Crippen LogP contribution is -2.32. The second-order valence-electron chi connectivity index (χ2n) is 3.85. The van der Waals surface area contributed by atoms with Crippen LogP contribution in [0.15, 0.2) is 18.2 Å². The fraction of sp³-hybridized carbons (Fsp3) is 0.333. The largest absolute Gasteiger partial charge is 0.478 e. The highest BCUT2D eigenvalue weighted by Gasteiger charge is 2.24. The third-order valence-corrected chi connectivity index (χ3v) is 2.50. The molecule has 1 rings (SSSR count). The Hall–Kier alpha value is -1.73. The van der Waals surface area contributed by atoms with E-state index >= 15 is 0 Å². The molecule has 0 amide bonds. The maximum atomic E-state index is 11.0. The van der Waals surface area contributed by atoms with E-state index in [1.54, 1.807) is 26.0 Å². The molecule has 4 nitrogen and oxygen atoms in total. The Bertz CT molecular complexity index is 465. The molecule has 0 saturated heterocycles. The number of aliphatic carboxylic acids is 1. The fourth-order valence-electron chi connectivity index (χ4n) is 1.32. The first-order valence-electron chi connectivity index (χ1n) is 5.05. The molecular weight excluding hydrogens is 242 g/mol. The molecule has 0 aliphatic rings. The van der Waals surface area contributed by atoms with Crippen molar-refractivity contribution in [3.05, 3.63) is 28.8 Å². The third kappa shape index (κ3) is 3.11. The Morgan fingerprint density at radius 2 is 2.18 bits per heavy atom. The Balaban J connectivity index is 3.06. The molecule has 90 valence electrons. The van der Waals surface area contributed by atoms with E-state index in [2.05, 4.69) is 0 Å². The van der Waals surface area contributed by atoms with Crippen LogP contribution in [0, 0.1) is 17.2 Å². The number of benzene rings is 1. The summed E-state index contributed by atoms with van der Waals surface area (Å²) in [5.41, 5.74) is 0.154. The second kappa shape index (κ2) is 5.55. The highest BCUT2D eigenvalue weighted by molar-refractivity contribution is 6.31. The predicted octanol–water partition coefficient (Wildman–Crippen LogP) is 2.70. The van der Waals surface area contributed by atoms with Crippen LogP contribution in [-0.2, 0) is 4.79 Å². The van der Waals surface area contributed by atoms with Gasteiger partial charge in [0.1, 0.15) is 17.4 Å². The van der Waals surface area contributed by atoms with Crippen LogP contribution in [0.25, 0.3) is 0 Å². The van der Waals surface area contributed by atoms with Crippen LogP contribution < -0.4 is 4.74 Å². The SMILES string of the molecule is CC(C)C(Oc1cccc(Cl)c1C#N)C(=O)O. The zero-order valence-corrected chi connectivity index (χ0v) is 10.2. The number of hydrogen-bond donors (Lipinski definition) is 1. The van der Waals surface area contributed by atoms with Crippen molar-refractivity contribution < 1.29 is 14.6 Å². The minimum atomic E-state index is -1.07. The molecule has 0 saturated carbocycles. The normalized spacial score (nSPS) is 11.9. The molecule has 0 radical (unpaired) electrons. The molecule has 0 aromatic heterocycles. The monoisotopic (exact) mass is 253 g/mol. The number of nitrogens with zero attached hydrogens (tertiary/aromatic N) is 1. The summed E-state index contributed by atoms with van der Waals surface area (Å²) >= 11 is 5.82. The van der Waals surface area contributed by atoms with Crippen molar-refractivity contribution in [2.24, 2.45) is 5.92 Å².